The van der Waals surface area contributed by atoms with Crippen LogP contribution in [0.4, 0.5) is 0 Å². The standard InChI is InChI=1S/C27H34N2O7/c1-4-5-6-7-8-13-9-10-17(30)19-15(13)11-14-12-16-21(29(2)3)23(32)20(26(28)35)25(34)27(16,36)24(33)18(14)22(19)31/h9-10,14,16,21,30-31,34,36H,4-8,11-12H2,1-3H3,(H2,28,35)/t14?,16?,21-,27-/m0/s1. The molecule has 0 heterocycles. The molecule has 0 spiro atoms. The number of hydrogen-bond acceptors (Lipinski definition) is 8. The number of aryl methyl sites for hydroxylation is 1. The van der Waals surface area contributed by atoms with Crippen molar-refractivity contribution in [1.82, 2.24) is 4.90 Å². The van der Waals surface area contributed by atoms with E-state index < -0.39 is 58.0 Å². The van der Waals surface area contributed by atoms with Gasteiger partial charge in [-0.2, -0.15) is 0 Å². The number of aromatic hydroxyl groups is 1. The lowest BCUT2D eigenvalue weighted by atomic mass is 9.57. The Balaban J connectivity index is 1.86. The Kier molecular flexibility index (Phi) is 6.74. The van der Waals surface area contributed by atoms with Crippen molar-refractivity contribution < 1.29 is 34.8 Å². The number of primary amides is 1. The summed E-state index contributed by atoms with van der Waals surface area (Å²) in [6.07, 6.45) is 5.37. The SMILES string of the molecule is CCCCCCc1ccc(O)c2c1CC1CC3[C@H](N(C)C)C(=O)C(C(N)=O)=C(O)[C@@]3(O)C(=O)C1=C2O. The summed E-state index contributed by atoms with van der Waals surface area (Å²) >= 11 is 0. The smallest absolute Gasteiger partial charge is 0.255 e. The number of amides is 1. The van der Waals surface area contributed by atoms with Gasteiger partial charge in [-0.25, -0.2) is 0 Å². The van der Waals surface area contributed by atoms with Crippen LogP contribution >= 0.6 is 0 Å². The number of phenols is 1. The number of Topliss-reactive ketones (excluding diaryl/α,β-unsaturated/α-hetero) is 2. The largest absolute Gasteiger partial charge is 0.508 e. The van der Waals surface area contributed by atoms with E-state index in [-0.39, 0.29) is 23.3 Å². The van der Waals surface area contributed by atoms with Crippen LogP contribution in [0.2, 0.25) is 0 Å². The van der Waals surface area contributed by atoms with Crippen LogP contribution in [0.25, 0.3) is 5.76 Å². The Bertz CT molecular complexity index is 1200. The van der Waals surface area contributed by atoms with Crippen molar-refractivity contribution in [1.29, 1.82) is 0 Å². The maximum atomic E-state index is 13.8. The molecule has 1 aromatic carbocycles. The Hall–Kier alpha value is -3.17. The summed E-state index contributed by atoms with van der Waals surface area (Å²) in [4.78, 5) is 40.5. The van der Waals surface area contributed by atoms with E-state index in [1.54, 1.807) is 14.1 Å². The molecule has 4 atom stereocenters. The van der Waals surface area contributed by atoms with E-state index in [2.05, 4.69) is 6.92 Å². The molecule has 1 saturated carbocycles. The predicted octanol–water partition coefficient (Wildman–Crippen LogP) is 2.09. The number of benzene rings is 1. The van der Waals surface area contributed by atoms with Crippen LogP contribution in [0.3, 0.4) is 0 Å². The molecule has 0 saturated heterocycles. The zero-order valence-corrected chi connectivity index (χ0v) is 20.9. The van der Waals surface area contributed by atoms with Gasteiger partial charge in [0.25, 0.3) is 5.91 Å². The fourth-order valence-corrected chi connectivity index (χ4v) is 6.28. The summed E-state index contributed by atoms with van der Waals surface area (Å²) in [6.45, 7) is 2.13. The number of carbonyl (C=O) groups is 3. The summed E-state index contributed by atoms with van der Waals surface area (Å²) in [5.41, 5.74) is 3.66. The lowest BCUT2D eigenvalue weighted by molar-refractivity contribution is -0.153. The molecule has 1 aromatic rings. The third-order valence-electron chi connectivity index (χ3n) is 8.00. The van der Waals surface area contributed by atoms with Gasteiger partial charge in [0.15, 0.2) is 11.4 Å². The number of unbranched alkanes of at least 4 members (excludes halogenated alkanes) is 3. The first-order valence-electron chi connectivity index (χ1n) is 12.4. The van der Waals surface area contributed by atoms with Crippen LogP contribution in [0, 0.1) is 11.8 Å². The number of nitrogens with zero attached hydrogens (tertiary/aromatic N) is 1. The number of phenolic OH excluding ortho intramolecular Hbond substituents is 1. The zero-order valence-electron chi connectivity index (χ0n) is 20.9. The molecule has 3 aliphatic rings. The molecule has 2 unspecified atom stereocenters. The average Bonchev–Trinajstić information content (AvgIpc) is 2.80. The molecule has 36 heavy (non-hydrogen) atoms. The van der Waals surface area contributed by atoms with E-state index in [0.29, 0.717) is 6.42 Å². The summed E-state index contributed by atoms with van der Waals surface area (Å²) in [7, 11) is 3.17. The summed E-state index contributed by atoms with van der Waals surface area (Å²) in [6, 6.07) is 2.24. The van der Waals surface area contributed by atoms with Crippen LogP contribution in [0.1, 0.15) is 55.7 Å². The van der Waals surface area contributed by atoms with E-state index in [1.165, 1.54) is 11.0 Å². The van der Waals surface area contributed by atoms with Gasteiger partial charge in [-0.3, -0.25) is 19.3 Å². The molecule has 9 nitrogen and oxygen atoms in total. The van der Waals surface area contributed by atoms with Crippen molar-refractivity contribution in [2.45, 2.75) is 63.5 Å². The van der Waals surface area contributed by atoms with Crippen LogP contribution in [0.5, 0.6) is 5.75 Å². The first-order chi connectivity index (χ1) is 17.0. The molecule has 4 rings (SSSR count). The zero-order chi connectivity index (χ0) is 26.5. The van der Waals surface area contributed by atoms with Crippen molar-refractivity contribution in [2.75, 3.05) is 14.1 Å². The molecule has 0 radical (unpaired) electrons. The van der Waals surface area contributed by atoms with E-state index in [0.717, 1.165) is 43.2 Å². The van der Waals surface area contributed by atoms with Crippen molar-refractivity contribution in [3.8, 4) is 5.75 Å². The number of aliphatic hydroxyl groups is 3. The molecular formula is C27H34N2O7. The van der Waals surface area contributed by atoms with Gasteiger partial charge < -0.3 is 26.2 Å². The molecule has 1 amide bonds. The van der Waals surface area contributed by atoms with Gasteiger partial charge in [-0.05, 0) is 62.9 Å². The number of likely N-dealkylation sites (N-methyl/N-ethyl adjacent to an activating group) is 1. The van der Waals surface area contributed by atoms with E-state index in [4.69, 9.17) is 5.73 Å². The monoisotopic (exact) mass is 498 g/mol. The quantitative estimate of drug-likeness (QED) is 0.282. The van der Waals surface area contributed by atoms with Crippen molar-refractivity contribution in [3.05, 3.63) is 45.7 Å². The number of fused-ring (bicyclic) bond motifs is 3. The Labute approximate surface area is 209 Å². The molecule has 6 N–H and O–H groups in total. The van der Waals surface area contributed by atoms with Gasteiger partial charge in [0.2, 0.25) is 5.78 Å². The number of ketones is 2. The number of carbonyl (C=O) groups excluding carboxylic acids is 3. The second-order valence-electron chi connectivity index (χ2n) is 10.4. The summed E-state index contributed by atoms with van der Waals surface area (Å²) in [5, 5.41) is 44.4. The lowest BCUT2D eigenvalue weighted by Gasteiger charge is -2.50. The van der Waals surface area contributed by atoms with Crippen LogP contribution in [-0.2, 0) is 27.2 Å². The molecular weight excluding hydrogens is 464 g/mol. The third-order valence-corrected chi connectivity index (χ3v) is 8.00. The van der Waals surface area contributed by atoms with E-state index >= 15 is 0 Å². The summed E-state index contributed by atoms with van der Waals surface area (Å²) in [5.74, 6) is -6.32. The number of hydrogen-bond donors (Lipinski definition) is 5. The lowest BCUT2D eigenvalue weighted by Crippen LogP contribution is -2.65. The van der Waals surface area contributed by atoms with Gasteiger partial charge in [0, 0.05) is 11.5 Å². The fourth-order valence-electron chi connectivity index (χ4n) is 6.28. The second kappa shape index (κ2) is 9.37. The maximum Gasteiger partial charge on any atom is 0.255 e. The Morgan fingerprint density at radius 2 is 1.83 bits per heavy atom. The molecule has 1 fully saturated rings. The van der Waals surface area contributed by atoms with Crippen molar-refractivity contribution in [3.63, 3.8) is 0 Å². The fraction of sp³-hybridized carbons (Fsp3) is 0.519. The van der Waals surface area contributed by atoms with Crippen LogP contribution in [0.15, 0.2) is 29.0 Å². The van der Waals surface area contributed by atoms with Gasteiger partial charge in [-0.1, -0.05) is 32.3 Å². The van der Waals surface area contributed by atoms with Gasteiger partial charge in [0.05, 0.1) is 11.6 Å². The predicted molar refractivity (Wildman–Crippen MR) is 132 cm³/mol. The normalized spacial score (nSPS) is 27.8. The minimum atomic E-state index is -2.61. The molecule has 3 aliphatic carbocycles. The highest BCUT2D eigenvalue weighted by atomic mass is 16.3. The Morgan fingerprint density at radius 3 is 2.44 bits per heavy atom. The number of aliphatic hydroxyl groups excluding tert-OH is 2. The molecule has 0 bridgehead atoms. The minimum Gasteiger partial charge on any atom is -0.508 e. The average molecular weight is 499 g/mol. The highest BCUT2D eigenvalue weighted by molar-refractivity contribution is 6.24. The number of nitrogens with two attached hydrogens (primary N) is 1. The minimum absolute atomic E-state index is 0.0939. The number of rotatable bonds is 7. The van der Waals surface area contributed by atoms with E-state index in [1.807, 2.05) is 6.07 Å². The Morgan fingerprint density at radius 1 is 1.14 bits per heavy atom. The summed E-state index contributed by atoms with van der Waals surface area (Å²) < 4.78 is 0. The van der Waals surface area contributed by atoms with Crippen molar-refractivity contribution >= 4 is 23.2 Å². The molecule has 9 heteroatoms. The van der Waals surface area contributed by atoms with Gasteiger partial charge in [-0.15, -0.1) is 0 Å². The first-order valence-corrected chi connectivity index (χ1v) is 12.4. The second-order valence-corrected chi connectivity index (χ2v) is 10.4. The molecule has 0 aromatic heterocycles. The molecule has 0 aliphatic heterocycles. The highest BCUT2D eigenvalue weighted by Gasteiger charge is 2.64. The van der Waals surface area contributed by atoms with Crippen molar-refractivity contribution in [2.24, 2.45) is 17.6 Å². The third kappa shape index (κ3) is 3.72. The maximum absolute atomic E-state index is 13.8. The topological polar surface area (TPSA) is 161 Å². The van der Waals surface area contributed by atoms with Crippen LogP contribution < -0.4 is 5.73 Å². The first kappa shape index (κ1) is 25.9. The highest BCUT2D eigenvalue weighted by Crippen LogP contribution is 2.53. The van der Waals surface area contributed by atoms with Gasteiger partial charge >= 0.3 is 0 Å². The van der Waals surface area contributed by atoms with Gasteiger partial charge in [0.1, 0.15) is 22.8 Å². The van der Waals surface area contributed by atoms with E-state index in [9.17, 15) is 34.8 Å². The molecule has 194 valence electrons. The van der Waals surface area contributed by atoms with Crippen LogP contribution in [-0.4, -0.2) is 68.5 Å².